The summed E-state index contributed by atoms with van der Waals surface area (Å²) >= 11 is 1.69. The number of nitrogens with zero attached hydrogens (tertiary/aromatic N) is 2. The fraction of sp³-hybridized carbons (Fsp3) is 0.250. The van der Waals surface area contributed by atoms with Crippen molar-refractivity contribution in [1.82, 2.24) is 15.1 Å². The van der Waals surface area contributed by atoms with Crippen LogP contribution in [-0.4, -0.2) is 28.6 Å². The molecule has 1 saturated heterocycles. The van der Waals surface area contributed by atoms with Gasteiger partial charge in [-0.2, -0.15) is 5.10 Å². The number of rotatable bonds is 4. The summed E-state index contributed by atoms with van der Waals surface area (Å²) < 4.78 is 2.05. The summed E-state index contributed by atoms with van der Waals surface area (Å²) in [6.07, 6.45) is 9.09. The molecule has 4 rings (SSSR count). The van der Waals surface area contributed by atoms with Crippen molar-refractivity contribution in [3.63, 3.8) is 0 Å². The molecule has 0 bridgehead atoms. The number of aromatic nitrogens is 2. The SMILES string of the molecule is CSc1nn(-c2ccccc2)c2cc(C=CC3CCCN3)ccc12. The van der Waals surface area contributed by atoms with Gasteiger partial charge in [-0.25, -0.2) is 4.68 Å². The highest BCUT2D eigenvalue weighted by atomic mass is 32.2. The summed E-state index contributed by atoms with van der Waals surface area (Å²) in [5.41, 5.74) is 3.48. The van der Waals surface area contributed by atoms with Gasteiger partial charge in [0.15, 0.2) is 0 Å². The molecule has 1 aliphatic rings. The molecule has 1 aromatic heterocycles. The van der Waals surface area contributed by atoms with Crippen molar-refractivity contribution < 1.29 is 0 Å². The second-order valence-corrected chi connectivity index (χ2v) is 6.89. The van der Waals surface area contributed by atoms with Gasteiger partial charge >= 0.3 is 0 Å². The third kappa shape index (κ3) is 2.99. The molecular formula is C20H21N3S. The number of benzene rings is 2. The first kappa shape index (κ1) is 15.5. The maximum absolute atomic E-state index is 4.80. The van der Waals surface area contributed by atoms with Crippen molar-refractivity contribution in [3.8, 4) is 5.69 Å². The molecule has 2 aromatic carbocycles. The summed E-state index contributed by atoms with van der Waals surface area (Å²) in [6.45, 7) is 1.13. The van der Waals surface area contributed by atoms with Crippen LogP contribution in [0.4, 0.5) is 0 Å². The highest BCUT2D eigenvalue weighted by molar-refractivity contribution is 7.98. The molecule has 0 spiro atoms. The zero-order valence-electron chi connectivity index (χ0n) is 13.8. The smallest absolute Gasteiger partial charge is 0.126 e. The minimum atomic E-state index is 0.515. The van der Waals surface area contributed by atoms with E-state index < -0.39 is 0 Å². The fourth-order valence-electron chi connectivity index (χ4n) is 3.23. The molecule has 0 aliphatic carbocycles. The molecule has 122 valence electrons. The molecule has 24 heavy (non-hydrogen) atoms. The number of thioether (sulfide) groups is 1. The minimum absolute atomic E-state index is 0.515. The van der Waals surface area contributed by atoms with Crippen molar-refractivity contribution in [2.45, 2.75) is 23.9 Å². The second-order valence-electron chi connectivity index (χ2n) is 6.10. The van der Waals surface area contributed by atoms with Crippen molar-refractivity contribution in [2.24, 2.45) is 0 Å². The molecule has 2 heterocycles. The van der Waals surface area contributed by atoms with E-state index in [0.717, 1.165) is 22.8 Å². The average Bonchev–Trinajstić information content (AvgIpc) is 3.28. The summed E-state index contributed by atoms with van der Waals surface area (Å²) in [5, 5.41) is 10.6. The van der Waals surface area contributed by atoms with Crippen molar-refractivity contribution in [1.29, 1.82) is 0 Å². The van der Waals surface area contributed by atoms with Crippen LogP contribution in [-0.2, 0) is 0 Å². The van der Waals surface area contributed by atoms with Gasteiger partial charge in [-0.05, 0) is 55.5 Å². The van der Waals surface area contributed by atoms with Crippen molar-refractivity contribution in [3.05, 3.63) is 60.2 Å². The number of hydrogen-bond donors (Lipinski definition) is 1. The Morgan fingerprint density at radius 3 is 2.83 bits per heavy atom. The molecule has 1 atom stereocenters. The zero-order chi connectivity index (χ0) is 16.4. The zero-order valence-corrected chi connectivity index (χ0v) is 14.6. The topological polar surface area (TPSA) is 29.9 Å². The van der Waals surface area contributed by atoms with Crippen LogP contribution in [0, 0.1) is 0 Å². The van der Waals surface area contributed by atoms with E-state index >= 15 is 0 Å². The molecule has 4 heteroatoms. The Hall–Kier alpha value is -2.04. The fourth-order valence-corrected chi connectivity index (χ4v) is 3.78. The van der Waals surface area contributed by atoms with E-state index in [9.17, 15) is 0 Å². The minimum Gasteiger partial charge on any atom is -0.311 e. The monoisotopic (exact) mass is 335 g/mol. The van der Waals surface area contributed by atoms with Gasteiger partial charge < -0.3 is 5.32 Å². The van der Waals surface area contributed by atoms with Gasteiger partial charge in [0.25, 0.3) is 0 Å². The van der Waals surface area contributed by atoms with Gasteiger partial charge in [0, 0.05) is 11.4 Å². The predicted molar refractivity (Wildman–Crippen MR) is 103 cm³/mol. The highest BCUT2D eigenvalue weighted by Crippen LogP contribution is 2.29. The van der Waals surface area contributed by atoms with E-state index in [1.165, 1.54) is 23.8 Å². The molecule has 1 unspecified atom stereocenters. The molecule has 1 fully saturated rings. The number of para-hydroxylation sites is 1. The van der Waals surface area contributed by atoms with Gasteiger partial charge in [-0.15, -0.1) is 11.8 Å². The third-order valence-electron chi connectivity index (χ3n) is 4.48. The summed E-state index contributed by atoms with van der Waals surface area (Å²) in [7, 11) is 0. The summed E-state index contributed by atoms with van der Waals surface area (Å²) in [4.78, 5) is 0. The largest absolute Gasteiger partial charge is 0.311 e. The first-order chi connectivity index (χ1) is 11.8. The number of hydrogen-bond acceptors (Lipinski definition) is 3. The standard InChI is InChI=1S/C20H21N3S/c1-24-20-18-12-10-15(9-11-16-6-5-13-21-16)14-19(18)23(22-20)17-7-3-2-4-8-17/h2-4,7-12,14,16,21H,5-6,13H2,1H3. The Kier molecular flexibility index (Phi) is 4.41. The van der Waals surface area contributed by atoms with Crippen LogP contribution in [0.3, 0.4) is 0 Å². The van der Waals surface area contributed by atoms with E-state index in [1.54, 1.807) is 11.8 Å². The molecule has 1 aliphatic heterocycles. The number of fused-ring (bicyclic) bond motifs is 1. The normalized spacial score (nSPS) is 18.0. The third-order valence-corrected chi connectivity index (χ3v) is 5.17. The van der Waals surface area contributed by atoms with Crippen LogP contribution >= 0.6 is 11.8 Å². The summed E-state index contributed by atoms with van der Waals surface area (Å²) in [6, 6.07) is 17.5. The van der Waals surface area contributed by atoms with Crippen molar-refractivity contribution >= 4 is 28.7 Å². The van der Waals surface area contributed by atoms with Crippen LogP contribution in [0.25, 0.3) is 22.7 Å². The van der Waals surface area contributed by atoms with E-state index in [1.807, 2.05) is 10.7 Å². The lowest BCUT2D eigenvalue weighted by Crippen LogP contribution is -2.17. The highest BCUT2D eigenvalue weighted by Gasteiger charge is 2.12. The van der Waals surface area contributed by atoms with Crippen molar-refractivity contribution in [2.75, 3.05) is 12.8 Å². The maximum atomic E-state index is 4.80. The van der Waals surface area contributed by atoms with E-state index in [4.69, 9.17) is 5.10 Å². The first-order valence-electron chi connectivity index (χ1n) is 8.39. The summed E-state index contributed by atoms with van der Waals surface area (Å²) in [5.74, 6) is 0. The predicted octanol–water partition coefficient (Wildman–Crippen LogP) is 4.51. The lowest BCUT2D eigenvalue weighted by molar-refractivity contribution is 0.730. The van der Waals surface area contributed by atoms with Crippen LogP contribution in [0.5, 0.6) is 0 Å². The molecular weight excluding hydrogens is 314 g/mol. The first-order valence-corrected chi connectivity index (χ1v) is 9.61. The molecule has 0 radical (unpaired) electrons. The van der Waals surface area contributed by atoms with Crippen LogP contribution in [0.15, 0.2) is 59.6 Å². The van der Waals surface area contributed by atoms with E-state index in [0.29, 0.717) is 6.04 Å². The molecule has 0 saturated carbocycles. The Balaban J connectivity index is 1.76. The van der Waals surface area contributed by atoms with Crippen LogP contribution < -0.4 is 5.32 Å². The van der Waals surface area contributed by atoms with Gasteiger partial charge in [0.2, 0.25) is 0 Å². The Morgan fingerprint density at radius 1 is 1.21 bits per heavy atom. The van der Waals surface area contributed by atoms with Crippen LogP contribution in [0.1, 0.15) is 18.4 Å². The van der Waals surface area contributed by atoms with Gasteiger partial charge in [0.05, 0.1) is 11.2 Å². The Morgan fingerprint density at radius 2 is 2.08 bits per heavy atom. The molecule has 3 nitrogen and oxygen atoms in total. The Bertz CT molecular complexity index is 861. The number of nitrogens with one attached hydrogen (secondary N) is 1. The maximum Gasteiger partial charge on any atom is 0.126 e. The van der Waals surface area contributed by atoms with Crippen LogP contribution in [0.2, 0.25) is 0 Å². The van der Waals surface area contributed by atoms with Gasteiger partial charge in [-0.1, -0.05) is 36.4 Å². The lowest BCUT2D eigenvalue weighted by atomic mass is 10.1. The lowest BCUT2D eigenvalue weighted by Gasteiger charge is -2.05. The quantitative estimate of drug-likeness (QED) is 0.711. The van der Waals surface area contributed by atoms with Gasteiger partial charge in [0.1, 0.15) is 5.03 Å². The van der Waals surface area contributed by atoms with E-state index in [-0.39, 0.29) is 0 Å². The molecule has 3 aromatic rings. The average molecular weight is 335 g/mol. The molecule has 0 amide bonds. The van der Waals surface area contributed by atoms with E-state index in [2.05, 4.69) is 66.2 Å². The Labute approximate surface area is 146 Å². The second kappa shape index (κ2) is 6.83. The van der Waals surface area contributed by atoms with Gasteiger partial charge in [-0.3, -0.25) is 0 Å². The molecule has 1 N–H and O–H groups in total.